The lowest BCUT2D eigenvalue weighted by Crippen LogP contribution is -2.38. The first kappa shape index (κ1) is 18.5. The number of nitrogens with zero attached hydrogens (tertiary/aromatic N) is 3. The lowest BCUT2D eigenvalue weighted by molar-refractivity contribution is -0.134. The monoisotopic (exact) mass is 387 g/mol. The maximum atomic E-state index is 13.5. The summed E-state index contributed by atoms with van der Waals surface area (Å²) in [6.07, 6.45) is 1.25. The highest BCUT2D eigenvalue weighted by Gasteiger charge is 2.48. The molecular formula is C20H19F2N3O3. The molecule has 0 radical (unpaired) electrons. The summed E-state index contributed by atoms with van der Waals surface area (Å²) in [6.45, 7) is 0. The molecule has 3 aromatic rings. The molecule has 0 atom stereocenters. The summed E-state index contributed by atoms with van der Waals surface area (Å²) in [6, 6.07) is 12.8. The summed E-state index contributed by atoms with van der Waals surface area (Å²) < 4.78 is 43.6. The minimum absolute atomic E-state index is 0.120. The van der Waals surface area contributed by atoms with Crippen LogP contribution < -0.4 is 4.74 Å². The van der Waals surface area contributed by atoms with E-state index in [1.807, 2.05) is 30.3 Å². The van der Waals surface area contributed by atoms with Crippen LogP contribution in [0.2, 0.25) is 0 Å². The zero-order valence-electron chi connectivity index (χ0n) is 15.3. The van der Waals surface area contributed by atoms with Crippen LogP contribution in [-0.4, -0.2) is 28.2 Å². The second kappa shape index (κ2) is 7.27. The standard InChI is InChI=1S/C20H19F2N3O3/c1-26-19(9-11-20(21,22)12-10-19)18-24-17(25-28-18)16-8-7-15(13-23-16)27-14-5-3-2-4-6-14/h2-8,13H,9-12H2,1H3. The lowest BCUT2D eigenvalue weighted by Gasteiger charge is -2.35. The number of para-hydroxylation sites is 1. The van der Waals surface area contributed by atoms with Gasteiger partial charge in [-0.3, -0.25) is 0 Å². The minimum atomic E-state index is -2.68. The molecule has 0 N–H and O–H groups in total. The summed E-state index contributed by atoms with van der Waals surface area (Å²) in [7, 11) is 1.47. The number of halogens is 2. The Morgan fingerprint density at radius 3 is 2.36 bits per heavy atom. The summed E-state index contributed by atoms with van der Waals surface area (Å²) in [5, 5.41) is 3.95. The van der Waals surface area contributed by atoms with E-state index < -0.39 is 11.5 Å². The van der Waals surface area contributed by atoms with Gasteiger partial charge in [0, 0.05) is 20.0 Å². The average Bonchev–Trinajstić information content (AvgIpc) is 3.21. The Morgan fingerprint density at radius 1 is 0.964 bits per heavy atom. The molecule has 1 aromatic carbocycles. The molecule has 0 aliphatic heterocycles. The van der Waals surface area contributed by atoms with Crippen molar-refractivity contribution in [3.05, 3.63) is 54.6 Å². The predicted octanol–water partition coefficient (Wildman–Crippen LogP) is 4.97. The number of hydrogen-bond acceptors (Lipinski definition) is 6. The Bertz CT molecular complexity index is 919. The van der Waals surface area contributed by atoms with Gasteiger partial charge in [-0.15, -0.1) is 0 Å². The van der Waals surface area contributed by atoms with Gasteiger partial charge < -0.3 is 14.0 Å². The Kier molecular flexibility index (Phi) is 4.80. The number of pyridine rings is 1. The second-order valence-electron chi connectivity index (χ2n) is 6.77. The molecule has 1 saturated carbocycles. The van der Waals surface area contributed by atoms with Crippen molar-refractivity contribution in [1.29, 1.82) is 0 Å². The summed E-state index contributed by atoms with van der Waals surface area (Å²) in [5.41, 5.74) is -0.494. The van der Waals surface area contributed by atoms with Crippen molar-refractivity contribution in [2.75, 3.05) is 7.11 Å². The largest absolute Gasteiger partial charge is 0.456 e. The van der Waals surface area contributed by atoms with Gasteiger partial charge in [-0.25, -0.2) is 13.8 Å². The minimum Gasteiger partial charge on any atom is -0.456 e. The van der Waals surface area contributed by atoms with E-state index >= 15 is 0 Å². The molecule has 0 unspecified atom stereocenters. The highest BCUT2D eigenvalue weighted by molar-refractivity contribution is 5.49. The predicted molar refractivity (Wildman–Crippen MR) is 96.1 cm³/mol. The van der Waals surface area contributed by atoms with Crippen LogP contribution in [0.4, 0.5) is 8.78 Å². The van der Waals surface area contributed by atoms with E-state index in [-0.39, 0.29) is 37.4 Å². The van der Waals surface area contributed by atoms with E-state index in [1.165, 1.54) is 7.11 Å². The third-order valence-corrected chi connectivity index (χ3v) is 4.94. The summed E-state index contributed by atoms with van der Waals surface area (Å²) >= 11 is 0. The number of alkyl halides is 2. The van der Waals surface area contributed by atoms with Crippen LogP contribution >= 0.6 is 0 Å². The van der Waals surface area contributed by atoms with Crippen molar-refractivity contribution in [1.82, 2.24) is 15.1 Å². The zero-order chi connectivity index (χ0) is 19.6. The molecule has 1 fully saturated rings. The van der Waals surface area contributed by atoms with Crippen molar-refractivity contribution < 1.29 is 22.8 Å². The van der Waals surface area contributed by atoms with Crippen LogP contribution in [0, 0.1) is 0 Å². The molecule has 146 valence electrons. The van der Waals surface area contributed by atoms with E-state index in [9.17, 15) is 8.78 Å². The topological polar surface area (TPSA) is 70.3 Å². The molecule has 0 amide bonds. The molecule has 1 aliphatic carbocycles. The van der Waals surface area contributed by atoms with Gasteiger partial charge in [-0.1, -0.05) is 23.4 Å². The van der Waals surface area contributed by atoms with Crippen molar-refractivity contribution in [2.45, 2.75) is 37.2 Å². The average molecular weight is 387 g/mol. The second-order valence-corrected chi connectivity index (χ2v) is 6.77. The van der Waals surface area contributed by atoms with Gasteiger partial charge >= 0.3 is 0 Å². The number of aromatic nitrogens is 3. The molecule has 1 aliphatic rings. The summed E-state index contributed by atoms with van der Waals surface area (Å²) in [4.78, 5) is 8.66. The van der Waals surface area contributed by atoms with Crippen molar-refractivity contribution in [3.63, 3.8) is 0 Å². The fourth-order valence-electron chi connectivity index (χ4n) is 3.24. The molecule has 8 heteroatoms. The molecular weight excluding hydrogens is 368 g/mol. The van der Waals surface area contributed by atoms with Crippen LogP contribution in [-0.2, 0) is 10.3 Å². The SMILES string of the molecule is COC1(c2nc(-c3ccc(Oc4ccccc4)cn3)no2)CCC(F)(F)CC1. The van der Waals surface area contributed by atoms with Gasteiger partial charge in [0.05, 0.1) is 6.20 Å². The first-order valence-corrected chi connectivity index (χ1v) is 8.96. The normalized spacial score (nSPS) is 18.0. The molecule has 2 heterocycles. The first-order valence-electron chi connectivity index (χ1n) is 8.96. The number of rotatable bonds is 5. The highest BCUT2D eigenvalue weighted by atomic mass is 19.3. The molecule has 28 heavy (non-hydrogen) atoms. The van der Waals surface area contributed by atoms with E-state index in [4.69, 9.17) is 14.0 Å². The van der Waals surface area contributed by atoms with Crippen molar-refractivity contribution in [2.24, 2.45) is 0 Å². The number of ether oxygens (including phenoxy) is 2. The van der Waals surface area contributed by atoms with Crippen molar-refractivity contribution >= 4 is 0 Å². The third kappa shape index (κ3) is 3.73. The van der Waals surface area contributed by atoms with Crippen LogP contribution in [0.25, 0.3) is 11.5 Å². The Hall–Kier alpha value is -2.87. The number of hydrogen-bond donors (Lipinski definition) is 0. The Balaban J connectivity index is 1.51. The van der Waals surface area contributed by atoms with E-state index in [1.54, 1.807) is 18.3 Å². The van der Waals surface area contributed by atoms with Gasteiger partial charge in [0.1, 0.15) is 22.8 Å². The van der Waals surface area contributed by atoms with Crippen LogP contribution in [0.3, 0.4) is 0 Å². The zero-order valence-corrected chi connectivity index (χ0v) is 15.3. The Labute approximate surface area is 160 Å². The fourth-order valence-corrected chi connectivity index (χ4v) is 3.24. The third-order valence-electron chi connectivity index (χ3n) is 4.94. The maximum absolute atomic E-state index is 13.5. The Morgan fingerprint density at radius 2 is 1.71 bits per heavy atom. The number of methoxy groups -OCH3 is 1. The molecule has 0 spiro atoms. The highest BCUT2D eigenvalue weighted by Crippen LogP contribution is 2.45. The first-order chi connectivity index (χ1) is 13.5. The van der Waals surface area contributed by atoms with Crippen LogP contribution in [0.15, 0.2) is 53.2 Å². The molecule has 0 bridgehead atoms. The molecule has 6 nitrogen and oxygen atoms in total. The maximum Gasteiger partial charge on any atom is 0.259 e. The smallest absolute Gasteiger partial charge is 0.259 e. The quantitative estimate of drug-likeness (QED) is 0.615. The molecule has 4 rings (SSSR count). The molecule has 0 saturated heterocycles. The van der Waals surface area contributed by atoms with E-state index in [0.29, 0.717) is 17.2 Å². The lowest BCUT2D eigenvalue weighted by atomic mass is 9.82. The summed E-state index contributed by atoms with van der Waals surface area (Å²) in [5.74, 6) is -0.931. The van der Waals surface area contributed by atoms with Crippen LogP contribution in [0.1, 0.15) is 31.6 Å². The van der Waals surface area contributed by atoms with E-state index in [0.717, 1.165) is 0 Å². The van der Waals surface area contributed by atoms with Crippen molar-refractivity contribution in [3.8, 4) is 23.0 Å². The van der Waals surface area contributed by atoms with Gasteiger partial charge in [0.2, 0.25) is 11.7 Å². The molecule has 2 aromatic heterocycles. The van der Waals surface area contributed by atoms with Gasteiger partial charge in [0.25, 0.3) is 5.89 Å². The van der Waals surface area contributed by atoms with Gasteiger partial charge in [-0.05, 0) is 37.1 Å². The van der Waals surface area contributed by atoms with Gasteiger partial charge in [0.15, 0.2) is 0 Å². The van der Waals surface area contributed by atoms with Crippen LogP contribution in [0.5, 0.6) is 11.5 Å². The van der Waals surface area contributed by atoms with Gasteiger partial charge in [-0.2, -0.15) is 4.98 Å². The number of benzene rings is 1. The fraction of sp³-hybridized carbons (Fsp3) is 0.350. The van der Waals surface area contributed by atoms with E-state index in [2.05, 4.69) is 15.1 Å².